The van der Waals surface area contributed by atoms with Crippen LogP contribution in [0.25, 0.3) is 0 Å². The van der Waals surface area contributed by atoms with Crippen molar-refractivity contribution in [2.75, 3.05) is 26.4 Å². The number of hydrogen-bond donors (Lipinski definition) is 1. The third-order valence-corrected chi connectivity index (χ3v) is 2.87. The second-order valence-electron chi connectivity index (χ2n) is 4.41. The first-order valence-corrected chi connectivity index (χ1v) is 6.60. The van der Waals surface area contributed by atoms with Crippen LogP contribution in [-0.4, -0.2) is 48.3 Å². The largest absolute Gasteiger partial charge is 0.379 e. The van der Waals surface area contributed by atoms with E-state index in [1.54, 1.807) is 0 Å². The van der Waals surface area contributed by atoms with Crippen LogP contribution in [0.15, 0.2) is 18.6 Å². The lowest BCUT2D eigenvalue weighted by molar-refractivity contribution is 0.0166. The Morgan fingerprint density at radius 1 is 1.53 bits per heavy atom. The molecule has 1 N–H and O–H groups in total. The van der Waals surface area contributed by atoms with Gasteiger partial charge in [-0.15, -0.1) is 0 Å². The van der Waals surface area contributed by atoms with Crippen LogP contribution in [0.5, 0.6) is 0 Å². The van der Waals surface area contributed by atoms with Gasteiger partial charge in [-0.05, 0) is 19.3 Å². The maximum Gasteiger partial charge on any atom is 0.271 e. The lowest BCUT2D eigenvalue weighted by Crippen LogP contribution is -2.26. The summed E-state index contributed by atoms with van der Waals surface area (Å²) in [6, 6.07) is 0. The van der Waals surface area contributed by atoms with Crippen molar-refractivity contribution < 1.29 is 14.3 Å². The molecule has 1 fully saturated rings. The Balaban J connectivity index is 1.51. The molecule has 1 aromatic heterocycles. The number of carbonyl (C=O) groups excluding carboxylic acids is 1. The number of nitrogens with one attached hydrogen (secondary N) is 1. The van der Waals surface area contributed by atoms with Crippen LogP contribution in [0.3, 0.4) is 0 Å². The van der Waals surface area contributed by atoms with E-state index in [2.05, 4.69) is 15.3 Å². The summed E-state index contributed by atoms with van der Waals surface area (Å²) in [5.74, 6) is -0.202. The van der Waals surface area contributed by atoms with Gasteiger partial charge < -0.3 is 14.8 Å². The van der Waals surface area contributed by atoms with Crippen molar-refractivity contribution in [2.45, 2.75) is 25.4 Å². The summed E-state index contributed by atoms with van der Waals surface area (Å²) in [6.45, 7) is 2.70. The molecule has 6 nitrogen and oxygen atoms in total. The number of hydrogen-bond acceptors (Lipinski definition) is 5. The van der Waals surface area contributed by atoms with Crippen molar-refractivity contribution in [3.63, 3.8) is 0 Å². The fourth-order valence-electron chi connectivity index (χ4n) is 1.87. The minimum atomic E-state index is -0.202. The molecule has 0 radical (unpaired) electrons. The molecule has 2 rings (SSSR count). The lowest BCUT2D eigenvalue weighted by Gasteiger charge is -2.10. The molecule has 0 aliphatic carbocycles. The van der Waals surface area contributed by atoms with Crippen molar-refractivity contribution in [2.24, 2.45) is 0 Å². The molecular weight excluding hydrogens is 246 g/mol. The normalized spacial score (nSPS) is 18.4. The van der Waals surface area contributed by atoms with Crippen molar-refractivity contribution in [1.29, 1.82) is 0 Å². The van der Waals surface area contributed by atoms with Gasteiger partial charge in [-0.2, -0.15) is 0 Å². The van der Waals surface area contributed by atoms with Crippen molar-refractivity contribution in [3.05, 3.63) is 24.3 Å². The molecule has 0 saturated carbocycles. The number of nitrogens with zero attached hydrogens (tertiary/aromatic N) is 2. The zero-order chi connectivity index (χ0) is 13.3. The molecule has 1 amide bonds. The Kier molecular flexibility index (Phi) is 5.71. The Labute approximate surface area is 112 Å². The highest BCUT2D eigenvalue weighted by atomic mass is 16.5. The molecule has 6 heteroatoms. The SMILES string of the molecule is O=C(NCCCOC[C@H]1CCCO1)c1cnccn1. The van der Waals surface area contributed by atoms with E-state index in [0.29, 0.717) is 25.5 Å². The molecule has 1 atom stereocenters. The Hall–Kier alpha value is -1.53. The molecule has 104 valence electrons. The summed E-state index contributed by atoms with van der Waals surface area (Å²) in [7, 11) is 0. The van der Waals surface area contributed by atoms with Crippen molar-refractivity contribution >= 4 is 5.91 Å². The van der Waals surface area contributed by atoms with Gasteiger partial charge in [-0.3, -0.25) is 9.78 Å². The van der Waals surface area contributed by atoms with Gasteiger partial charge in [-0.25, -0.2) is 4.98 Å². The van der Waals surface area contributed by atoms with E-state index < -0.39 is 0 Å². The molecule has 1 aliphatic heterocycles. The molecule has 19 heavy (non-hydrogen) atoms. The highest BCUT2D eigenvalue weighted by Gasteiger charge is 2.14. The quantitative estimate of drug-likeness (QED) is 0.738. The average Bonchev–Trinajstić information content (AvgIpc) is 2.96. The highest BCUT2D eigenvalue weighted by molar-refractivity contribution is 5.91. The van der Waals surface area contributed by atoms with Gasteiger partial charge >= 0.3 is 0 Å². The predicted molar refractivity (Wildman–Crippen MR) is 68.8 cm³/mol. The highest BCUT2D eigenvalue weighted by Crippen LogP contribution is 2.11. The van der Waals surface area contributed by atoms with Crippen LogP contribution in [0.4, 0.5) is 0 Å². The number of carbonyl (C=O) groups is 1. The zero-order valence-corrected chi connectivity index (χ0v) is 10.9. The Bertz CT molecular complexity index is 380. The third kappa shape index (κ3) is 4.92. The van der Waals surface area contributed by atoms with Gasteiger partial charge in [0.15, 0.2) is 0 Å². The molecule has 1 saturated heterocycles. The van der Waals surface area contributed by atoms with Gasteiger partial charge in [0.1, 0.15) is 5.69 Å². The van der Waals surface area contributed by atoms with Crippen LogP contribution in [0.2, 0.25) is 0 Å². The first-order valence-electron chi connectivity index (χ1n) is 6.60. The summed E-state index contributed by atoms with van der Waals surface area (Å²) in [6.07, 6.45) is 7.73. The van der Waals surface area contributed by atoms with Gasteiger partial charge in [0.2, 0.25) is 0 Å². The third-order valence-electron chi connectivity index (χ3n) is 2.87. The smallest absolute Gasteiger partial charge is 0.271 e. The molecule has 0 bridgehead atoms. The van der Waals surface area contributed by atoms with Crippen molar-refractivity contribution in [1.82, 2.24) is 15.3 Å². The molecular formula is C13H19N3O3. The number of aromatic nitrogens is 2. The van der Waals surface area contributed by atoms with E-state index in [4.69, 9.17) is 9.47 Å². The minimum Gasteiger partial charge on any atom is -0.379 e. The summed E-state index contributed by atoms with van der Waals surface area (Å²) in [4.78, 5) is 19.4. The van der Waals surface area contributed by atoms with Gasteiger partial charge in [0, 0.05) is 32.2 Å². The standard InChI is InChI=1S/C13H19N3O3/c17-13(12-9-14-5-6-15-12)16-4-2-7-18-10-11-3-1-8-19-11/h5-6,9,11H,1-4,7-8,10H2,(H,16,17)/t11-/m1/s1. The fourth-order valence-corrected chi connectivity index (χ4v) is 1.87. The molecule has 1 aliphatic rings. The first-order chi connectivity index (χ1) is 9.36. The van der Waals surface area contributed by atoms with E-state index in [1.165, 1.54) is 18.6 Å². The summed E-state index contributed by atoms with van der Waals surface area (Å²) >= 11 is 0. The van der Waals surface area contributed by atoms with E-state index in [-0.39, 0.29) is 12.0 Å². The second-order valence-corrected chi connectivity index (χ2v) is 4.41. The van der Waals surface area contributed by atoms with Gasteiger partial charge in [-0.1, -0.05) is 0 Å². The minimum absolute atomic E-state index is 0.202. The van der Waals surface area contributed by atoms with Crippen LogP contribution >= 0.6 is 0 Å². The van der Waals surface area contributed by atoms with Crippen molar-refractivity contribution in [3.8, 4) is 0 Å². The summed E-state index contributed by atoms with van der Waals surface area (Å²) in [5.41, 5.74) is 0.336. The molecule has 0 unspecified atom stereocenters. The summed E-state index contributed by atoms with van der Waals surface area (Å²) in [5, 5.41) is 2.77. The molecule has 1 aromatic rings. The Morgan fingerprint density at radius 2 is 2.47 bits per heavy atom. The maximum absolute atomic E-state index is 11.6. The van der Waals surface area contributed by atoms with Gasteiger partial charge in [0.25, 0.3) is 5.91 Å². The van der Waals surface area contributed by atoms with Crippen LogP contribution in [0, 0.1) is 0 Å². The number of amides is 1. The average molecular weight is 265 g/mol. The molecule has 0 spiro atoms. The topological polar surface area (TPSA) is 73.3 Å². The van der Waals surface area contributed by atoms with Crippen LogP contribution in [-0.2, 0) is 9.47 Å². The fraction of sp³-hybridized carbons (Fsp3) is 0.615. The zero-order valence-electron chi connectivity index (χ0n) is 10.9. The van der Waals surface area contributed by atoms with Gasteiger partial charge in [0.05, 0.1) is 18.9 Å². The molecule has 2 heterocycles. The second kappa shape index (κ2) is 7.81. The van der Waals surface area contributed by atoms with E-state index in [0.717, 1.165) is 25.9 Å². The van der Waals surface area contributed by atoms with Crippen LogP contribution < -0.4 is 5.32 Å². The summed E-state index contributed by atoms with van der Waals surface area (Å²) < 4.78 is 10.9. The monoisotopic (exact) mass is 265 g/mol. The number of ether oxygens (including phenoxy) is 2. The first kappa shape index (κ1) is 13.9. The number of rotatable bonds is 7. The van der Waals surface area contributed by atoms with Crippen LogP contribution in [0.1, 0.15) is 29.8 Å². The molecule has 0 aromatic carbocycles. The Morgan fingerprint density at radius 3 is 3.21 bits per heavy atom. The predicted octanol–water partition coefficient (Wildman–Crippen LogP) is 0.792. The maximum atomic E-state index is 11.6. The van der Waals surface area contributed by atoms with E-state index >= 15 is 0 Å². The van der Waals surface area contributed by atoms with E-state index in [1.807, 2.05) is 0 Å². The lowest BCUT2D eigenvalue weighted by atomic mass is 10.2. The van der Waals surface area contributed by atoms with E-state index in [9.17, 15) is 4.79 Å².